The van der Waals surface area contributed by atoms with Gasteiger partial charge in [0.25, 0.3) is 5.91 Å². The monoisotopic (exact) mass is 380 g/mol. The predicted octanol–water partition coefficient (Wildman–Crippen LogP) is 2.07. The summed E-state index contributed by atoms with van der Waals surface area (Å²) in [5, 5.41) is 17.4. The highest BCUT2D eigenvalue weighted by Gasteiger charge is 2.54. The summed E-state index contributed by atoms with van der Waals surface area (Å²) in [4.78, 5) is 24.5. The van der Waals surface area contributed by atoms with Gasteiger partial charge in [0.15, 0.2) is 0 Å². The van der Waals surface area contributed by atoms with Gasteiger partial charge in [-0.05, 0) is 55.9 Å². The lowest BCUT2D eigenvalue weighted by atomic mass is 9.52. The molecule has 0 saturated heterocycles. The summed E-state index contributed by atoms with van der Waals surface area (Å²) in [5.41, 5.74) is 6.13. The van der Waals surface area contributed by atoms with Crippen LogP contribution < -0.4 is 16.4 Å². The highest BCUT2D eigenvalue weighted by molar-refractivity contribution is 5.98. The smallest absolute Gasteiger partial charge is 0.252 e. The molecule has 4 bridgehead atoms. The maximum Gasteiger partial charge on any atom is 0.252 e. The van der Waals surface area contributed by atoms with Crippen molar-refractivity contribution in [1.29, 1.82) is 0 Å². The number of carbonyl (C=O) groups excluding carboxylic acids is 1. The third-order valence-electron chi connectivity index (χ3n) is 6.54. The number of aliphatic hydroxyl groups is 1. The summed E-state index contributed by atoms with van der Waals surface area (Å²) in [7, 11) is 0. The van der Waals surface area contributed by atoms with Crippen molar-refractivity contribution in [3.8, 4) is 0 Å². The molecule has 5 N–H and O–H groups in total. The number of nitrogens with one attached hydrogen (secondary N) is 2. The second-order valence-electron chi connectivity index (χ2n) is 8.54. The van der Waals surface area contributed by atoms with Crippen LogP contribution in [0.25, 0.3) is 0 Å². The van der Waals surface area contributed by atoms with Gasteiger partial charge in [-0.2, -0.15) is 0 Å². The number of rotatable bonds is 5. The molecule has 4 saturated carbocycles. The Morgan fingerprint density at radius 2 is 1.86 bits per heavy atom. The Kier molecular flexibility index (Phi) is 3.97. The Balaban J connectivity index is 1.42. The zero-order valence-electron chi connectivity index (χ0n) is 15.5. The summed E-state index contributed by atoms with van der Waals surface area (Å²) >= 11 is 0. The molecule has 0 aromatic carbocycles. The molecule has 4 aliphatic carbocycles. The highest BCUT2D eigenvalue weighted by atomic mass is 16.3. The number of pyridine rings is 1. The van der Waals surface area contributed by atoms with Crippen molar-refractivity contribution in [3.63, 3.8) is 0 Å². The molecule has 146 valence electrons. The Morgan fingerprint density at radius 1 is 1.14 bits per heavy atom. The Labute approximate surface area is 163 Å². The first kappa shape index (κ1) is 17.4. The van der Waals surface area contributed by atoms with Crippen LogP contribution in [0.4, 0.5) is 17.5 Å². The molecule has 8 heteroatoms. The zero-order valence-corrected chi connectivity index (χ0v) is 15.5. The van der Waals surface area contributed by atoms with Gasteiger partial charge in [0.2, 0.25) is 5.95 Å². The molecule has 2 unspecified atom stereocenters. The first-order valence-electron chi connectivity index (χ1n) is 9.82. The average molecular weight is 380 g/mol. The molecular formula is C20H24N6O2. The van der Waals surface area contributed by atoms with Gasteiger partial charge in [-0.25, -0.2) is 15.0 Å². The van der Waals surface area contributed by atoms with Gasteiger partial charge in [-0.1, -0.05) is 0 Å². The maximum absolute atomic E-state index is 11.9. The van der Waals surface area contributed by atoms with Crippen molar-refractivity contribution in [2.45, 2.75) is 43.7 Å². The number of primary amides is 1. The van der Waals surface area contributed by atoms with E-state index in [1.807, 2.05) is 0 Å². The van der Waals surface area contributed by atoms with E-state index in [0.29, 0.717) is 40.8 Å². The number of nitrogens with two attached hydrogens (primary N) is 1. The molecule has 0 spiro atoms. The fourth-order valence-corrected chi connectivity index (χ4v) is 5.71. The lowest BCUT2D eigenvalue weighted by molar-refractivity contribution is -0.129. The minimum absolute atomic E-state index is 0.234. The molecule has 5 atom stereocenters. The van der Waals surface area contributed by atoms with E-state index >= 15 is 0 Å². The number of aromatic nitrogens is 3. The van der Waals surface area contributed by atoms with Crippen LogP contribution in [0.2, 0.25) is 0 Å². The Hall–Kier alpha value is -2.74. The SMILES string of the molecule is NC(=O)c1cnc(Nc2ncccn2)cc1N[C@@H]1[C@@H]2CC3C[C@H]1CC(O)(C3)C2. The second-order valence-corrected chi connectivity index (χ2v) is 8.54. The summed E-state index contributed by atoms with van der Waals surface area (Å²) in [6.45, 7) is 0. The quantitative estimate of drug-likeness (QED) is 0.625. The number of nitrogens with zero attached hydrogens (tertiary/aromatic N) is 3. The maximum atomic E-state index is 11.9. The van der Waals surface area contributed by atoms with Crippen molar-refractivity contribution in [2.75, 3.05) is 10.6 Å². The standard InChI is InChI=1S/C20H24N6O2/c21-18(27)14-10-24-16(26-19-22-2-1-3-23-19)6-15(14)25-17-12-4-11-5-13(17)9-20(28,7-11)8-12/h1-3,6,10-13,17,28H,4-5,7-9H2,(H2,21,27)(H2,22,23,24,25,26)/t11?,12-,13+,17-,20?. The molecule has 2 aromatic heterocycles. The van der Waals surface area contributed by atoms with Crippen LogP contribution in [0.1, 0.15) is 42.5 Å². The predicted molar refractivity (Wildman–Crippen MR) is 104 cm³/mol. The summed E-state index contributed by atoms with van der Waals surface area (Å²) < 4.78 is 0. The molecule has 2 aromatic rings. The van der Waals surface area contributed by atoms with Crippen molar-refractivity contribution in [1.82, 2.24) is 15.0 Å². The topological polar surface area (TPSA) is 126 Å². The van der Waals surface area contributed by atoms with E-state index in [4.69, 9.17) is 5.73 Å². The van der Waals surface area contributed by atoms with Crippen LogP contribution in [-0.4, -0.2) is 37.6 Å². The van der Waals surface area contributed by atoms with E-state index in [1.54, 1.807) is 24.5 Å². The molecule has 28 heavy (non-hydrogen) atoms. The van der Waals surface area contributed by atoms with Gasteiger partial charge in [0, 0.05) is 30.7 Å². The van der Waals surface area contributed by atoms with Gasteiger partial charge in [-0.15, -0.1) is 0 Å². The van der Waals surface area contributed by atoms with Crippen molar-refractivity contribution < 1.29 is 9.90 Å². The lowest BCUT2D eigenvalue weighted by Gasteiger charge is -2.58. The first-order valence-corrected chi connectivity index (χ1v) is 9.82. The molecule has 4 fully saturated rings. The second kappa shape index (κ2) is 6.41. The fourth-order valence-electron chi connectivity index (χ4n) is 5.71. The molecule has 0 aliphatic heterocycles. The van der Waals surface area contributed by atoms with E-state index in [1.165, 1.54) is 6.20 Å². The first-order chi connectivity index (χ1) is 13.5. The molecule has 1 amide bonds. The number of amides is 1. The summed E-state index contributed by atoms with van der Waals surface area (Å²) in [5.74, 6) is 1.92. The number of anilines is 3. The van der Waals surface area contributed by atoms with Crippen LogP contribution in [-0.2, 0) is 0 Å². The lowest BCUT2D eigenvalue weighted by Crippen LogP contribution is -2.59. The molecule has 0 radical (unpaired) electrons. The van der Waals surface area contributed by atoms with Gasteiger partial charge < -0.3 is 21.5 Å². The molecule has 4 aliphatic rings. The van der Waals surface area contributed by atoms with E-state index < -0.39 is 11.5 Å². The van der Waals surface area contributed by atoms with Gasteiger partial charge in [0.05, 0.1) is 16.9 Å². The van der Waals surface area contributed by atoms with Crippen molar-refractivity contribution in [3.05, 3.63) is 36.3 Å². The van der Waals surface area contributed by atoms with E-state index in [-0.39, 0.29) is 6.04 Å². The normalized spacial score (nSPS) is 32.9. The van der Waals surface area contributed by atoms with E-state index in [2.05, 4.69) is 25.6 Å². The van der Waals surface area contributed by atoms with Crippen molar-refractivity contribution in [2.24, 2.45) is 23.5 Å². The van der Waals surface area contributed by atoms with Crippen LogP contribution in [0, 0.1) is 17.8 Å². The van der Waals surface area contributed by atoms with Crippen LogP contribution in [0.3, 0.4) is 0 Å². The molecule has 2 heterocycles. The van der Waals surface area contributed by atoms with Crippen LogP contribution in [0.15, 0.2) is 30.7 Å². The van der Waals surface area contributed by atoms with Crippen LogP contribution >= 0.6 is 0 Å². The molecule has 8 nitrogen and oxygen atoms in total. The highest BCUT2D eigenvalue weighted by Crippen LogP contribution is 2.56. The Bertz CT molecular complexity index is 889. The largest absolute Gasteiger partial charge is 0.390 e. The van der Waals surface area contributed by atoms with E-state index in [9.17, 15) is 9.90 Å². The minimum Gasteiger partial charge on any atom is -0.390 e. The van der Waals surface area contributed by atoms with Gasteiger partial charge in [-0.3, -0.25) is 4.79 Å². The third kappa shape index (κ3) is 3.07. The van der Waals surface area contributed by atoms with Crippen molar-refractivity contribution >= 4 is 23.4 Å². The third-order valence-corrected chi connectivity index (χ3v) is 6.54. The average Bonchev–Trinajstić information content (AvgIpc) is 2.64. The number of carbonyl (C=O) groups is 1. The summed E-state index contributed by atoms with van der Waals surface area (Å²) in [6, 6.07) is 3.76. The van der Waals surface area contributed by atoms with Gasteiger partial charge in [0.1, 0.15) is 5.82 Å². The number of hydrogen-bond donors (Lipinski definition) is 4. The minimum atomic E-state index is -0.514. The Morgan fingerprint density at radius 3 is 2.50 bits per heavy atom. The van der Waals surface area contributed by atoms with Gasteiger partial charge >= 0.3 is 0 Å². The molecule has 6 rings (SSSR count). The van der Waals surface area contributed by atoms with Crippen LogP contribution in [0.5, 0.6) is 0 Å². The zero-order chi connectivity index (χ0) is 19.3. The molecular weight excluding hydrogens is 356 g/mol. The summed E-state index contributed by atoms with van der Waals surface area (Å²) in [6.07, 6.45) is 9.65. The fraction of sp³-hybridized carbons (Fsp3) is 0.500. The van der Waals surface area contributed by atoms with E-state index in [0.717, 1.165) is 32.1 Å². The number of hydrogen-bond acceptors (Lipinski definition) is 7.